The fraction of sp³-hybridized carbons (Fsp3) is 0.667. The van der Waals surface area contributed by atoms with Gasteiger partial charge in [-0.3, -0.25) is 8.89 Å². The summed E-state index contributed by atoms with van der Waals surface area (Å²) < 4.78 is 13.4. The molecule has 1 fully saturated rings. The first-order chi connectivity index (χ1) is 6.74. The molecule has 2 heterocycles. The topological polar surface area (TPSA) is 46.9 Å². The number of nitrogens with zero attached hydrogens (tertiary/aromatic N) is 2. The van der Waals surface area contributed by atoms with Gasteiger partial charge in [-0.15, -0.1) is 0 Å². The number of nitrogens with one attached hydrogen (secondary N) is 1. The van der Waals surface area contributed by atoms with Crippen LogP contribution < -0.4 is 5.32 Å². The van der Waals surface area contributed by atoms with Crippen LogP contribution in [0.3, 0.4) is 0 Å². The lowest BCUT2D eigenvalue weighted by atomic mass is 10.1. The number of rotatable bonds is 4. The van der Waals surface area contributed by atoms with Gasteiger partial charge < -0.3 is 5.32 Å². The molecule has 0 amide bonds. The molecule has 2 rings (SSSR count). The first-order valence-electron chi connectivity index (χ1n) is 4.77. The van der Waals surface area contributed by atoms with Crippen molar-refractivity contribution >= 4 is 10.8 Å². The highest BCUT2D eigenvalue weighted by molar-refractivity contribution is 7.84. The molecule has 0 radical (unpaired) electrons. The van der Waals surface area contributed by atoms with E-state index in [4.69, 9.17) is 0 Å². The molecule has 1 unspecified atom stereocenters. The summed E-state index contributed by atoms with van der Waals surface area (Å²) in [5, 5.41) is 7.24. The highest BCUT2D eigenvalue weighted by Crippen LogP contribution is 2.08. The molecule has 1 aliphatic rings. The Morgan fingerprint density at radius 3 is 3.00 bits per heavy atom. The van der Waals surface area contributed by atoms with Crippen molar-refractivity contribution in [2.45, 2.75) is 5.75 Å². The third kappa shape index (κ3) is 2.42. The molecule has 0 aliphatic carbocycles. The molecule has 14 heavy (non-hydrogen) atoms. The first kappa shape index (κ1) is 9.86. The predicted octanol–water partition coefficient (Wildman–Crippen LogP) is -0.112. The van der Waals surface area contributed by atoms with Crippen molar-refractivity contribution in [2.75, 3.05) is 18.8 Å². The molecular weight excluding hydrogens is 198 g/mol. The van der Waals surface area contributed by atoms with E-state index < -0.39 is 10.8 Å². The van der Waals surface area contributed by atoms with Crippen LogP contribution in [0.15, 0.2) is 12.4 Å². The van der Waals surface area contributed by atoms with E-state index in [9.17, 15) is 4.21 Å². The molecule has 78 valence electrons. The van der Waals surface area contributed by atoms with E-state index in [1.807, 2.05) is 13.2 Å². The maximum absolute atomic E-state index is 11.7. The third-order valence-corrected chi connectivity index (χ3v) is 3.87. The molecule has 5 heteroatoms. The van der Waals surface area contributed by atoms with Crippen LogP contribution in [-0.2, 0) is 23.6 Å². The fourth-order valence-corrected chi connectivity index (χ4v) is 2.92. The summed E-state index contributed by atoms with van der Waals surface area (Å²) in [6.45, 7) is 2.05. The Balaban J connectivity index is 1.81. The predicted molar refractivity (Wildman–Crippen MR) is 56.3 cm³/mol. The zero-order valence-corrected chi connectivity index (χ0v) is 9.09. The maximum Gasteiger partial charge on any atom is 0.0531 e. The monoisotopic (exact) mass is 213 g/mol. The van der Waals surface area contributed by atoms with Crippen LogP contribution in [-0.4, -0.2) is 32.8 Å². The molecule has 1 N–H and O–H groups in total. The quantitative estimate of drug-likeness (QED) is 0.759. The zero-order valence-electron chi connectivity index (χ0n) is 8.27. The molecule has 0 bridgehead atoms. The van der Waals surface area contributed by atoms with Gasteiger partial charge in [0.15, 0.2) is 0 Å². The van der Waals surface area contributed by atoms with Crippen molar-refractivity contribution in [3.8, 4) is 0 Å². The molecule has 1 aromatic rings. The Morgan fingerprint density at radius 1 is 1.71 bits per heavy atom. The van der Waals surface area contributed by atoms with E-state index in [1.54, 1.807) is 10.9 Å². The second kappa shape index (κ2) is 4.23. The molecule has 1 saturated heterocycles. The summed E-state index contributed by atoms with van der Waals surface area (Å²) in [7, 11) is 1.15. The molecule has 0 saturated carbocycles. The SMILES string of the molecule is Cn1cc(CS(=O)CC2CNC2)cn1. The summed E-state index contributed by atoms with van der Waals surface area (Å²) >= 11 is 0. The number of aromatic nitrogens is 2. The van der Waals surface area contributed by atoms with Crippen molar-refractivity contribution in [1.82, 2.24) is 15.1 Å². The summed E-state index contributed by atoms with van der Waals surface area (Å²) in [4.78, 5) is 0. The molecule has 1 aromatic heterocycles. The highest BCUT2D eigenvalue weighted by atomic mass is 32.2. The summed E-state index contributed by atoms with van der Waals surface area (Å²) in [5.41, 5.74) is 1.07. The smallest absolute Gasteiger partial charge is 0.0531 e. The Labute approximate surface area is 86.1 Å². The van der Waals surface area contributed by atoms with Gasteiger partial charge in [0.25, 0.3) is 0 Å². The summed E-state index contributed by atoms with van der Waals surface area (Å²) in [5.74, 6) is 2.08. The van der Waals surface area contributed by atoms with Crippen LogP contribution in [0.25, 0.3) is 0 Å². The fourth-order valence-electron chi connectivity index (χ4n) is 1.52. The van der Waals surface area contributed by atoms with E-state index in [-0.39, 0.29) is 0 Å². The van der Waals surface area contributed by atoms with E-state index in [1.165, 1.54) is 0 Å². The maximum atomic E-state index is 11.7. The van der Waals surface area contributed by atoms with E-state index in [0.717, 1.165) is 24.4 Å². The lowest BCUT2D eigenvalue weighted by Gasteiger charge is -2.26. The van der Waals surface area contributed by atoms with Gasteiger partial charge in [-0.2, -0.15) is 5.10 Å². The molecular formula is C9H15N3OS. The third-order valence-electron chi connectivity index (χ3n) is 2.37. The van der Waals surface area contributed by atoms with Crippen LogP contribution in [0.2, 0.25) is 0 Å². The van der Waals surface area contributed by atoms with Gasteiger partial charge in [0.05, 0.1) is 11.9 Å². The van der Waals surface area contributed by atoms with Crippen LogP contribution in [0.5, 0.6) is 0 Å². The van der Waals surface area contributed by atoms with E-state index >= 15 is 0 Å². The zero-order chi connectivity index (χ0) is 9.97. The van der Waals surface area contributed by atoms with Gasteiger partial charge in [-0.05, 0) is 5.92 Å². The standard InChI is InChI=1S/C9H15N3OS/c1-12-5-9(4-11-12)7-14(13)6-8-2-10-3-8/h4-5,8,10H,2-3,6-7H2,1H3. The summed E-state index contributed by atoms with van der Waals surface area (Å²) in [6, 6.07) is 0. The largest absolute Gasteiger partial charge is 0.316 e. The molecule has 1 aliphatic heterocycles. The minimum Gasteiger partial charge on any atom is -0.316 e. The summed E-state index contributed by atoms with van der Waals surface area (Å²) in [6.07, 6.45) is 3.72. The van der Waals surface area contributed by atoms with Crippen molar-refractivity contribution < 1.29 is 4.21 Å². The Hall–Kier alpha value is -0.680. The minimum absolute atomic E-state index is 0.618. The minimum atomic E-state index is -0.730. The second-order valence-electron chi connectivity index (χ2n) is 3.80. The lowest BCUT2D eigenvalue weighted by Crippen LogP contribution is -2.44. The van der Waals surface area contributed by atoms with Crippen LogP contribution in [0.1, 0.15) is 5.56 Å². The Kier molecular flexibility index (Phi) is 2.98. The number of hydrogen-bond acceptors (Lipinski definition) is 3. The van der Waals surface area contributed by atoms with Crippen molar-refractivity contribution in [2.24, 2.45) is 13.0 Å². The van der Waals surface area contributed by atoms with Crippen LogP contribution in [0.4, 0.5) is 0 Å². The van der Waals surface area contributed by atoms with Gasteiger partial charge in [-0.1, -0.05) is 0 Å². The number of hydrogen-bond donors (Lipinski definition) is 1. The van der Waals surface area contributed by atoms with Gasteiger partial charge in [0.1, 0.15) is 0 Å². The lowest BCUT2D eigenvalue weighted by molar-refractivity contribution is 0.382. The van der Waals surface area contributed by atoms with Crippen LogP contribution in [0, 0.1) is 5.92 Å². The van der Waals surface area contributed by atoms with Crippen molar-refractivity contribution in [3.05, 3.63) is 18.0 Å². The van der Waals surface area contributed by atoms with E-state index in [2.05, 4.69) is 10.4 Å². The molecule has 0 spiro atoms. The van der Waals surface area contributed by atoms with Crippen molar-refractivity contribution in [3.63, 3.8) is 0 Å². The molecule has 4 nitrogen and oxygen atoms in total. The van der Waals surface area contributed by atoms with Gasteiger partial charge in [0, 0.05) is 48.4 Å². The normalized spacial score (nSPS) is 19.2. The second-order valence-corrected chi connectivity index (χ2v) is 5.30. The number of aryl methyl sites for hydroxylation is 1. The average Bonchev–Trinajstić information content (AvgIpc) is 2.44. The Morgan fingerprint density at radius 2 is 2.50 bits per heavy atom. The molecule has 0 aromatic carbocycles. The average molecular weight is 213 g/mol. The van der Waals surface area contributed by atoms with Crippen LogP contribution >= 0.6 is 0 Å². The van der Waals surface area contributed by atoms with Gasteiger partial charge in [0.2, 0.25) is 0 Å². The van der Waals surface area contributed by atoms with E-state index in [0.29, 0.717) is 11.7 Å². The highest BCUT2D eigenvalue weighted by Gasteiger charge is 2.19. The van der Waals surface area contributed by atoms with Crippen molar-refractivity contribution in [1.29, 1.82) is 0 Å². The molecule has 1 atom stereocenters. The van der Waals surface area contributed by atoms with Gasteiger partial charge in [-0.25, -0.2) is 0 Å². The first-order valence-corrected chi connectivity index (χ1v) is 6.26. The Bertz CT molecular complexity index is 333. The van der Waals surface area contributed by atoms with Gasteiger partial charge >= 0.3 is 0 Å².